The van der Waals surface area contributed by atoms with Crippen molar-refractivity contribution in [1.82, 2.24) is 0 Å². The summed E-state index contributed by atoms with van der Waals surface area (Å²) in [5.41, 5.74) is 4.87. The van der Waals surface area contributed by atoms with Gasteiger partial charge in [0.2, 0.25) is 10.0 Å². The smallest absolute Gasteiger partial charge is 0.235 e. The van der Waals surface area contributed by atoms with Gasteiger partial charge in [-0.2, -0.15) is 0 Å². The zero-order valence-corrected chi connectivity index (χ0v) is 11.1. The van der Waals surface area contributed by atoms with E-state index >= 15 is 0 Å². The predicted octanol–water partition coefficient (Wildman–Crippen LogP) is 2.62. The molecule has 0 bridgehead atoms. The highest BCUT2D eigenvalue weighted by Gasteiger charge is 2.29. The van der Waals surface area contributed by atoms with Gasteiger partial charge in [0, 0.05) is 0 Å². The van der Waals surface area contributed by atoms with Crippen molar-refractivity contribution >= 4 is 21.4 Å². The van der Waals surface area contributed by atoms with Crippen molar-refractivity contribution in [2.45, 2.75) is 37.4 Å². The molecule has 2 rings (SSSR count). The number of nitrogens with two attached hydrogens (primary N) is 1. The lowest BCUT2D eigenvalue weighted by Crippen LogP contribution is -2.30. The third kappa shape index (κ3) is 2.97. The molecule has 106 valence electrons. The van der Waals surface area contributed by atoms with Crippen molar-refractivity contribution < 1.29 is 17.2 Å². The fourth-order valence-corrected chi connectivity index (χ4v) is 3.88. The minimum Gasteiger partial charge on any atom is -0.397 e. The molecule has 0 aromatic heterocycles. The van der Waals surface area contributed by atoms with Crippen LogP contribution in [0, 0.1) is 11.6 Å². The Hall–Kier alpha value is -1.37. The Morgan fingerprint density at radius 2 is 1.79 bits per heavy atom. The first kappa shape index (κ1) is 14.0. The van der Waals surface area contributed by atoms with Crippen molar-refractivity contribution in [2.75, 3.05) is 10.5 Å². The second-order valence-corrected chi connectivity index (χ2v) is 6.69. The first-order valence-electron chi connectivity index (χ1n) is 6.17. The van der Waals surface area contributed by atoms with Crippen molar-refractivity contribution in [1.29, 1.82) is 0 Å². The number of nitrogens with one attached hydrogen (secondary N) is 1. The number of sulfonamides is 1. The van der Waals surface area contributed by atoms with Crippen LogP contribution in [0.15, 0.2) is 12.1 Å². The zero-order valence-electron chi connectivity index (χ0n) is 10.3. The van der Waals surface area contributed by atoms with E-state index < -0.39 is 32.6 Å². The Kier molecular flexibility index (Phi) is 3.93. The Morgan fingerprint density at radius 1 is 1.16 bits per heavy atom. The first-order chi connectivity index (χ1) is 8.92. The maximum atomic E-state index is 13.6. The molecular formula is C12H16F2N2O2S. The molecule has 19 heavy (non-hydrogen) atoms. The number of anilines is 2. The van der Waals surface area contributed by atoms with Gasteiger partial charge in [0.25, 0.3) is 0 Å². The Morgan fingerprint density at radius 3 is 2.42 bits per heavy atom. The molecule has 0 amide bonds. The van der Waals surface area contributed by atoms with Crippen LogP contribution < -0.4 is 10.5 Å². The molecule has 0 heterocycles. The topological polar surface area (TPSA) is 72.2 Å². The Labute approximate surface area is 111 Å². The van der Waals surface area contributed by atoms with Gasteiger partial charge in [-0.1, -0.05) is 19.3 Å². The maximum absolute atomic E-state index is 13.6. The highest BCUT2D eigenvalue weighted by molar-refractivity contribution is 7.93. The summed E-state index contributed by atoms with van der Waals surface area (Å²) in [6.07, 6.45) is 3.72. The number of nitrogen functional groups attached to an aromatic ring is 1. The third-order valence-corrected chi connectivity index (χ3v) is 5.20. The van der Waals surface area contributed by atoms with Crippen molar-refractivity contribution in [3.8, 4) is 0 Å². The number of hydrogen-bond acceptors (Lipinski definition) is 3. The number of benzene rings is 1. The van der Waals surface area contributed by atoms with Crippen LogP contribution in [0.5, 0.6) is 0 Å². The van der Waals surface area contributed by atoms with E-state index in [1.54, 1.807) is 0 Å². The van der Waals surface area contributed by atoms with Crippen molar-refractivity contribution in [2.24, 2.45) is 0 Å². The minimum atomic E-state index is -3.73. The molecule has 1 aromatic rings. The van der Waals surface area contributed by atoms with Gasteiger partial charge in [-0.3, -0.25) is 4.72 Å². The van der Waals surface area contributed by atoms with Crippen LogP contribution in [-0.4, -0.2) is 13.7 Å². The van der Waals surface area contributed by atoms with Crippen LogP contribution in [0.4, 0.5) is 20.2 Å². The molecule has 4 nitrogen and oxygen atoms in total. The van der Waals surface area contributed by atoms with E-state index in [1.165, 1.54) is 0 Å². The largest absolute Gasteiger partial charge is 0.397 e. The lowest BCUT2D eigenvalue weighted by Gasteiger charge is -2.23. The summed E-state index contributed by atoms with van der Waals surface area (Å²) in [6.45, 7) is 0. The summed E-state index contributed by atoms with van der Waals surface area (Å²) in [4.78, 5) is 0. The summed E-state index contributed by atoms with van der Waals surface area (Å²) in [7, 11) is -3.73. The number of hydrogen-bond donors (Lipinski definition) is 2. The molecule has 0 saturated heterocycles. The summed E-state index contributed by atoms with van der Waals surface area (Å²) < 4.78 is 53.0. The van der Waals surface area contributed by atoms with E-state index in [0.29, 0.717) is 12.8 Å². The Bertz CT molecular complexity index is 569. The standard InChI is InChI=1S/C12H16F2N2O2S/c13-9-6-7-10(15)12(11(9)14)16-19(17,18)8-4-2-1-3-5-8/h6-8,16H,1-5,15H2. The molecule has 1 aliphatic carbocycles. The highest BCUT2D eigenvalue weighted by atomic mass is 32.2. The predicted molar refractivity (Wildman–Crippen MR) is 70.2 cm³/mol. The minimum absolute atomic E-state index is 0.127. The molecule has 7 heteroatoms. The summed E-state index contributed by atoms with van der Waals surface area (Å²) in [5.74, 6) is -2.39. The number of rotatable bonds is 3. The van der Waals surface area contributed by atoms with Gasteiger partial charge in [-0.05, 0) is 25.0 Å². The summed E-state index contributed by atoms with van der Waals surface area (Å²) >= 11 is 0. The monoisotopic (exact) mass is 290 g/mol. The van der Waals surface area contributed by atoms with Gasteiger partial charge in [0.15, 0.2) is 11.6 Å². The third-order valence-electron chi connectivity index (χ3n) is 3.36. The van der Waals surface area contributed by atoms with Crippen molar-refractivity contribution in [3.63, 3.8) is 0 Å². The van der Waals surface area contributed by atoms with Gasteiger partial charge in [-0.25, -0.2) is 17.2 Å². The van der Waals surface area contributed by atoms with Crippen LogP contribution in [0.25, 0.3) is 0 Å². The molecule has 1 aliphatic rings. The molecule has 3 N–H and O–H groups in total. The summed E-state index contributed by atoms with van der Waals surface area (Å²) in [6, 6.07) is 2.00. The van der Waals surface area contributed by atoms with E-state index in [9.17, 15) is 17.2 Å². The molecule has 0 unspecified atom stereocenters. The SMILES string of the molecule is Nc1ccc(F)c(F)c1NS(=O)(=O)C1CCCCC1. The van der Waals surface area contributed by atoms with Gasteiger partial charge in [-0.15, -0.1) is 0 Å². The molecule has 1 aromatic carbocycles. The van der Waals surface area contributed by atoms with E-state index in [0.717, 1.165) is 31.4 Å². The van der Waals surface area contributed by atoms with Gasteiger partial charge in [0.05, 0.1) is 10.9 Å². The van der Waals surface area contributed by atoms with Crippen LogP contribution in [-0.2, 0) is 10.0 Å². The fraction of sp³-hybridized carbons (Fsp3) is 0.500. The second-order valence-electron chi connectivity index (χ2n) is 4.73. The van der Waals surface area contributed by atoms with Crippen LogP contribution in [0.2, 0.25) is 0 Å². The van der Waals surface area contributed by atoms with Crippen LogP contribution in [0.1, 0.15) is 32.1 Å². The van der Waals surface area contributed by atoms with Crippen LogP contribution >= 0.6 is 0 Å². The van der Waals surface area contributed by atoms with Crippen molar-refractivity contribution in [3.05, 3.63) is 23.8 Å². The molecular weight excluding hydrogens is 274 g/mol. The molecule has 1 fully saturated rings. The van der Waals surface area contributed by atoms with Gasteiger partial charge >= 0.3 is 0 Å². The van der Waals surface area contributed by atoms with E-state index in [4.69, 9.17) is 5.73 Å². The van der Waals surface area contributed by atoms with E-state index in [-0.39, 0.29) is 5.69 Å². The molecule has 0 radical (unpaired) electrons. The lowest BCUT2D eigenvalue weighted by atomic mass is 10.0. The zero-order chi connectivity index (χ0) is 14.0. The van der Waals surface area contributed by atoms with E-state index in [2.05, 4.69) is 4.72 Å². The van der Waals surface area contributed by atoms with Gasteiger partial charge in [0.1, 0.15) is 5.69 Å². The average molecular weight is 290 g/mol. The van der Waals surface area contributed by atoms with E-state index in [1.807, 2.05) is 0 Å². The fourth-order valence-electron chi connectivity index (χ4n) is 2.27. The lowest BCUT2D eigenvalue weighted by molar-refractivity contribution is 0.485. The molecule has 0 atom stereocenters. The number of halogens is 2. The Balaban J connectivity index is 2.27. The van der Waals surface area contributed by atoms with Crippen LogP contribution in [0.3, 0.4) is 0 Å². The molecule has 0 spiro atoms. The average Bonchev–Trinajstić information content (AvgIpc) is 2.40. The van der Waals surface area contributed by atoms with Gasteiger partial charge < -0.3 is 5.73 Å². The molecule has 0 aliphatic heterocycles. The highest BCUT2D eigenvalue weighted by Crippen LogP contribution is 2.29. The maximum Gasteiger partial charge on any atom is 0.235 e. The second kappa shape index (κ2) is 5.32. The quantitative estimate of drug-likeness (QED) is 0.840. The summed E-state index contributed by atoms with van der Waals surface area (Å²) in [5, 5.41) is -0.566. The first-order valence-corrected chi connectivity index (χ1v) is 7.71. The normalized spacial score (nSPS) is 17.4. The molecule has 1 saturated carbocycles.